The Kier molecular flexibility index (Phi) is 4.80. The molecule has 126 valence electrons. The highest BCUT2D eigenvalue weighted by molar-refractivity contribution is 6.04. The molecule has 0 saturated heterocycles. The number of pyridine rings is 1. The minimum absolute atomic E-state index is 0.143. The van der Waals surface area contributed by atoms with E-state index in [1.807, 2.05) is 36.4 Å². The van der Waals surface area contributed by atoms with Gasteiger partial charge in [-0.3, -0.25) is 9.78 Å². The molecular formula is C21H21N3O. The van der Waals surface area contributed by atoms with Gasteiger partial charge in [0.25, 0.3) is 5.91 Å². The molecule has 0 fully saturated rings. The molecule has 1 N–H and O–H groups in total. The summed E-state index contributed by atoms with van der Waals surface area (Å²) in [7, 11) is 1.75. The lowest BCUT2D eigenvalue weighted by Crippen LogP contribution is -2.27. The lowest BCUT2D eigenvalue weighted by Gasteiger charge is -2.17. The predicted octanol–water partition coefficient (Wildman–Crippen LogP) is 4.72. The number of rotatable bonds is 4. The molecule has 2 aromatic carbocycles. The lowest BCUT2D eigenvalue weighted by atomic mass is 10.1. The molecule has 0 radical (unpaired) electrons. The van der Waals surface area contributed by atoms with Gasteiger partial charge in [-0.15, -0.1) is 0 Å². The van der Waals surface area contributed by atoms with Crippen LogP contribution in [-0.4, -0.2) is 17.9 Å². The summed E-state index contributed by atoms with van der Waals surface area (Å²) < 4.78 is 0. The van der Waals surface area contributed by atoms with Gasteiger partial charge in [0.2, 0.25) is 0 Å². The first kappa shape index (κ1) is 16.7. The number of carbonyl (C=O) groups is 1. The Morgan fingerprint density at radius 3 is 2.28 bits per heavy atom. The van der Waals surface area contributed by atoms with Crippen molar-refractivity contribution in [2.75, 3.05) is 17.3 Å². The largest absolute Gasteiger partial charge is 0.355 e. The Morgan fingerprint density at radius 1 is 0.920 bits per heavy atom. The Bertz CT molecular complexity index is 870. The Morgan fingerprint density at radius 2 is 1.60 bits per heavy atom. The van der Waals surface area contributed by atoms with Crippen molar-refractivity contribution in [3.63, 3.8) is 0 Å². The number of hydrogen-bond donors (Lipinski definition) is 1. The average molecular weight is 331 g/mol. The maximum Gasteiger partial charge on any atom is 0.276 e. The molecule has 0 bridgehead atoms. The van der Waals surface area contributed by atoms with Gasteiger partial charge in [0, 0.05) is 30.3 Å². The standard InChI is InChI=1S/C21H21N3O/c1-15-11-16(2)13-18(12-15)23-17-9-10-22-20(14-17)21(25)24(3)19-7-5-4-6-8-19/h4-14H,1-3H3,(H,22,23). The number of aromatic nitrogens is 1. The van der Waals surface area contributed by atoms with E-state index in [0.717, 1.165) is 17.1 Å². The number of nitrogens with one attached hydrogen (secondary N) is 1. The summed E-state index contributed by atoms with van der Waals surface area (Å²) >= 11 is 0. The molecular weight excluding hydrogens is 310 g/mol. The fraction of sp³-hybridized carbons (Fsp3) is 0.143. The minimum Gasteiger partial charge on any atom is -0.355 e. The summed E-state index contributed by atoms with van der Waals surface area (Å²) in [6, 6.07) is 19.4. The van der Waals surface area contributed by atoms with Crippen molar-refractivity contribution in [2.24, 2.45) is 0 Å². The number of para-hydroxylation sites is 1. The molecule has 0 saturated carbocycles. The molecule has 25 heavy (non-hydrogen) atoms. The third kappa shape index (κ3) is 4.04. The van der Waals surface area contributed by atoms with Crippen LogP contribution in [0.15, 0.2) is 66.9 Å². The number of aryl methyl sites for hydroxylation is 2. The van der Waals surface area contributed by atoms with Crippen LogP contribution < -0.4 is 10.2 Å². The predicted molar refractivity (Wildman–Crippen MR) is 103 cm³/mol. The number of amides is 1. The molecule has 4 heteroatoms. The van der Waals surface area contributed by atoms with E-state index < -0.39 is 0 Å². The SMILES string of the molecule is Cc1cc(C)cc(Nc2ccnc(C(=O)N(C)c3ccccc3)c2)c1. The number of nitrogens with zero attached hydrogens (tertiary/aromatic N) is 2. The van der Waals surface area contributed by atoms with Gasteiger partial charge in [0.05, 0.1) is 0 Å². The number of carbonyl (C=O) groups excluding carboxylic acids is 1. The molecule has 0 aliphatic heterocycles. The molecule has 0 spiro atoms. The van der Waals surface area contributed by atoms with Crippen molar-refractivity contribution in [1.82, 2.24) is 4.98 Å². The molecule has 3 rings (SSSR count). The van der Waals surface area contributed by atoms with Gasteiger partial charge < -0.3 is 10.2 Å². The highest BCUT2D eigenvalue weighted by Crippen LogP contribution is 2.21. The molecule has 0 unspecified atom stereocenters. The van der Waals surface area contributed by atoms with Gasteiger partial charge in [0.15, 0.2) is 0 Å². The molecule has 0 aliphatic carbocycles. The van der Waals surface area contributed by atoms with E-state index in [4.69, 9.17) is 0 Å². The van der Waals surface area contributed by atoms with Crippen molar-refractivity contribution < 1.29 is 4.79 Å². The van der Waals surface area contributed by atoms with E-state index in [9.17, 15) is 4.79 Å². The first-order valence-electron chi connectivity index (χ1n) is 8.17. The highest BCUT2D eigenvalue weighted by Gasteiger charge is 2.15. The molecule has 4 nitrogen and oxygen atoms in total. The zero-order valence-corrected chi connectivity index (χ0v) is 14.7. The number of benzene rings is 2. The van der Waals surface area contributed by atoms with Crippen LogP contribution in [0.3, 0.4) is 0 Å². The van der Waals surface area contributed by atoms with Crippen molar-refractivity contribution in [2.45, 2.75) is 13.8 Å². The first-order chi connectivity index (χ1) is 12.0. The summed E-state index contributed by atoms with van der Waals surface area (Å²) in [6.07, 6.45) is 1.65. The summed E-state index contributed by atoms with van der Waals surface area (Å²) in [5.41, 5.74) is 5.46. The first-order valence-corrected chi connectivity index (χ1v) is 8.17. The number of hydrogen-bond acceptors (Lipinski definition) is 3. The van der Waals surface area contributed by atoms with E-state index in [1.54, 1.807) is 24.2 Å². The third-order valence-electron chi connectivity index (χ3n) is 3.94. The second kappa shape index (κ2) is 7.18. The van der Waals surface area contributed by atoms with Crippen LogP contribution in [-0.2, 0) is 0 Å². The van der Waals surface area contributed by atoms with E-state index >= 15 is 0 Å². The smallest absolute Gasteiger partial charge is 0.276 e. The molecule has 3 aromatic rings. The quantitative estimate of drug-likeness (QED) is 0.752. The minimum atomic E-state index is -0.143. The van der Waals surface area contributed by atoms with E-state index in [2.05, 4.69) is 42.3 Å². The summed E-state index contributed by atoms with van der Waals surface area (Å²) in [6.45, 7) is 4.13. The van der Waals surface area contributed by atoms with E-state index in [1.165, 1.54) is 11.1 Å². The van der Waals surface area contributed by atoms with Crippen LogP contribution in [0.25, 0.3) is 0 Å². The van der Waals surface area contributed by atoms with Crippen LogP contribution >= 0.6 is 0 Å². The van der Waals surface area contributed by atoms with Gasteiger partial charge in [-0.05, 0) is 61.4 Å². The second-order valence-corrected chi connectivity index (χ2v) is 6.13. The van der Waals surface area contributed by atoms with E-state index in [-0.39, 0.29) is 5.91 Å². The maximum absolute atomic E-state index is 12.7. The average Bonchev–Trinajstić information content (AvgIpc) is 2.60. The molecule has 1 amide bonds. The van der Waals surface area contributed by atoms with Crippen molar-refractivity contribution in [3.05, 3.63) is 83.7 Å². The van der Waals surface area contributed by atoms with Crippen molar-refractivity contribution in [3.8, 4) is 0 Å². The molecule has 0 aliphatic rings. The van der Waals surface area contributed by atoms with Crippen molar-refractivity contribution in [1.29, 1.82) is 0 Å². The van der Waals surface area contributed by atoms with Crippen LogP contribution in [0.4, 0.5) is 17.1 Å². The van der Waals surface area contributed by atoms with Crippen molar-refractivity contribution >= 4 is 23.0 Å². The number of anilines is 3. The molecule has 0 atom stereocenters. The fourth-order valence-electron chi connectivity index (χ4n) is 2.78. The van der Waals surface area contributed by atoms with E-state index in [0.29, 0.717) is 5.69 Å². The Balaban J connectivity index is 1.82. The Hall–Kier alpha value is -3.14. The molecule has 1 aromatic heterocycles. The van der Waals surface area contributed by atoms with Gasteiger partial charge in [0.1, 0.15) is 5.69 Å². The zero-order valence-electron chi connectivity index (χ0n) is 14.7. The topological polar surface area (TPSA) is 45.2 Å². The molecule has 1 heterocycles. The van der Waals surface area contributed by atoms with Gasteiger partial charge in [-0.25, -0.2) is 0 Å². The van der Waals surface area contributed by atoms with Gasteiger partial charge >= 0.3 is 0 Å². The zero-order chi connectivity index (χ0) is 17.8. The third-order valence-corrected chi connectivity index (χ3v) is 3.94. The van der Waals surface area contributed by atoms with Gasteiger partial charge in [-0.1, -0.05) is 24.3 Å². The summed E-state index contributed by atoms with van der Waals surface area (Å²) in [4.78, 5) is 18.5. The lowest BCUT2D eigenvalue weighted by molar-refractivity contribution is 0.0988. The maximum atomic E-state index is 12.7. The normalized spacial score (nSPS) is 10.4. The van der Waals surface area contributed by atoms with Crippen LogP contribution in [0.5, 0.6) is 0 Å². The summed E-state index contributed by atoms with van der Waals surface area (Å²) in [5.74, 6) is -0.143. The van der Waals surface area contributed by atoms with Crippen LogP contribution in [0.1, 0.15) is 21.6 Å². The Labute approximate surface area is 148 Å². The van der Waals surface area contributed by atoms with Crippen LogP contribution in [0, 0.1) is 13.8 Å². The fourth-order valence-corrected chi connectivity index (χ4v) is 2.78. The van der Waals surface area contributed by atoms with Gasteiger partial charge in [-0.2, -0.15) is 0 Å². The summed E-state index contributed by atoms with van der Waals surface area (Å²) in [5, 5.41) is 3.35. The van der Waals surface area contributed by atoms with Crippen LogP contribution in [0.2, 0.25) is 0 Å². The second-order valence-electron chi connectivity index (χ2n) is 6.13. The highest BCUT2D eigenvalue weighted by atomic mass is 16.2. The monoisotopic (exact) mass is 331 g/mol.